The highest BCUT2D eigenvalue weighted by Gasteiger charge is 2.31. The number of hydrogen-bond acceptors (Lipinski definition) is 4. The minimum absolute atomic E-state index is 0.239. The summed E-state index contributed by atoms with van der Waals surface area (Å²) in [6.45, 7) is 11.1. The minimum atomic E-state index is 0.239. The molecule has 1 aliphatic carbocycles. The molecule has 158 valence electrons. The van der Waals surface area contributed by atoms with E-state index in [0.717, 1.165) is 56.2 Å². The van der Waals surface area contributed by atoms with Crippen LogP contribution in [0, 0.1) is 19.8 Å². The zero-order valence-electron chi connectivity index (χ0n) is 18.2. The molecule has 2 aliphatic rings. The number of aryl methyl sites for hydroxylation is 1. The van der Waals surface area contributed by atoms with Crippen molar-refractivity contribution < 1.29 is 4.79 Å². The first kappa shape index (κ1) is 20.1. The number of carbonyl (C=O) groups is 1. The fourth-order valence-electron chi connectivity index (χ4n) is 4.43. The number of piperidine rings is 1. The van der Waals surface area contributed by atoms with Crippen LogP contribution < -0.4 is 0 Å². The summed E-state index contributed by atoms with van der Waals surface area (Å²) < 4.78 is 2.09. The first-order chi connectivity index (χ1) is 13.9. The van der Waals surface area contributed by atoms with E-state index in [4.69, 9.17) is 4.98 Å². The van der Waals surface area contributed by atoms with Gasteiger partial charge in [-0.1, -0.05) is 13.8 Å². The molecule has 1 aliphatic heterocycles. The number of amides is 1. The molecule has 1 N–H and O–H groups in total. The van der Waals surface area contributed by atoms with Crippen molar-refractivity contribution >= 4 is 5.91 Å². The number of H-pyrrole nitrogens is 1. The number of nitrogens with one attached hydrogen (secondary N) is 1. The summed E-state index contributed by atoms with van der Waals surface area (Å²) in [5, 5.41) is 12.2. The average Bonchev–Trinajstić information content (AvgIpc) is 3.36. The Labute approximate surface area is 173 Å². The molecule has 2 fully saturated rings. The molecule has 0 bridgehead atoms. The third-order valence-electron chi connectivity index (χ3n) is 6.28. The Bertz CT molecular complexity index is 863. The lowest BCUT2D eigenvalue weighted by Gasteiger charge is -2.31. The van der Waals surface area contributed by atoms with Crippen molar-refractivity contribution in [3.05, 3.63) is 28.6 Å². The SMILES string of the molecule is Cc1nn(CC(C)C)c(C)c1CCC(=O)N1CCC[C@@H](c2n[nH]c(C3CC3)n2)C1. The topological polar surface area (TPSA) is 79.7 Å². The van der Waals surface area contributed by atoms with E-state index in [2.05, 4.69) is 47.7 Å². The van der Waals surface area contributed by atoms with Crippen LogP contribution in [0.15, 0.2) is 0 Å². The van der Waals surface area contributed by atoms with Crippen LogP contribution in [0.4, 0.5) is 0 Å². The second kappa shape index (κ2) is 8.28. The largest absolute Gasteiger partial charge is 0.342 e. The van der Waals surface area contributed by atoms with Crippen LogP contribution >= 0.6 is 0 Å². The molecule has 0 radical (unpaired) electrons. The van der Waals surface area contributed by atoms with Crippen molar-refractivity contribution in [3.8, 4) is 0 Å². The van der Waals surface area contributed by atoms with Gasteiger partial charge in [0.2, 0.25) is 5.91 Å². The monoisotopic (exact) mass is 398 g/mol. The molecule has 29 heavy (non-hydrogen) atoms. The summed E-state index contributed by atoms with van der Waals surface area (Å²) in [5.74, 6) is 3.57. The fourth-order valence-corrected chi connectivity index (χ4v) is 4.43. The number of carbonyl (C=O) groups excluding carboxylic acids is 1. The predicted molar refractivity (Wildman–Crippen MR) is 112 cm³/mol. The highest BCUT2D eigenvalue weighted by molar-refractivity contribution is 5.76. The van der Waals surface area contributed by atoms with E-state index in [0.29, 0.717) is 18.3 Å². The molecular weight excluding hydrogens is 364 g/mol. The van der Waals surface area contributed by atoms with Gasteiger partial charge in [0, 0.05) is 43.6 Å². The van der Waals surface area contributed by atoms with Gasteiger partial charge in [-0.15, -0.1) is 0 Å². The Morgan fingerprint density at radius 3 is 2.72 bits per heavy atom. The normalized spacial score (nSPS) is 19.9. The Kier molecular flexibility index (Phi) is 5.74. The molecule has 0 aromatic carbocycles. The van der Waals surface area contributed by atoms with Gasteiger partial charge in [-0.3, -0.25) is 14.6 Å². The van der Waals surface area contributed by atoms with E-state index >= 15 is 0 Å². The number of aromatic amines is 1. The third kappa shape index (κ3) is 4.54. The van der Waals surface area contributed by atoms with Crippen molar-refractivity contribution in [1.82, 2.24) is 29.9 Å². The number of nitrogens with zero attached hydrogens (tertiary/aromatic N) is 5. The smallest absolute Gasteiger partial charge is 0.222 e. The Morgan fingerprint density at radius 1 is 1.21 bits per heavy atom. The van der Waals surface area contributed by atoms with Gasteiger partial charge in [0.15, 0.2) is 5.82 Å². The van der Waals surface area contributed by atoms with Crippen LogP contribution in [0.2, 0.25) is 0 Å². The fraction of sp³-hybridized carbons (Fsp3) is 0.727. The van der Waals surface area contributed by atoms with Gasteiger partial charge < -0.3 is 4.90 Å². The average molecular weight is 399 g/mol. The summed E-state index contributed by atoms with van der Waals surface area (Å²) in [6.07, 6.45) is 5.83. The van der Waals surface area contributed by atoms with E-state index in [-0.39, 0.29) is 11.8 Å². The van der Waals surface area contributed by atoms with Crippen molar-refractivity contribution in [3.63, 3.8) is 0 Å². The van der Waals surface area contributed by atoms with E-state index in [1.165, 1.54) is 24.1 Å². The van der Waals surface area contributed by atoms with Crippen molar-refractivity contribution in [2.45, 2.75) is 84.6 Å². The molecule has 1 saturated heterocycles. The summed E-state index contributed by atoms with van der Waals surface area (Å²) in [6, 6.07) is 0. The molecule has 7 heteroatoms. The maximum atomic E-state index is 12.9. The molecule has 1 saturated carbocycles. The molecule has 2 aromatic heterocycles. The lowest BCUT2D eigenvalue weighted by atomic mass is 9.96. The summed E-state index contributed by atoms with van der Waals surface area (Å²) in [7, 11) is 0. The second-order valence-electron chi connectivity index (χ2n) is 9.26. The van der Waals surface area contributed by atoms with Gasteiger partial charge in [-0.2, -0.15) is 10.2 Å². The number of rotatable bonds is 7. The van der Waals surface area contributed by atoms with E-state index in [1.54, 1.807) is 0 Å². The van der Waals surface area contributed by atoms with E-state index < -0.39 is 0 Å². The van der Waals surface area contributed by atoms with Crippen molar-refractivity contribution in [2.24, 2.45) is 5.92 Å². The molecule has 2 aromatic rings. The zero-order chi connectivity index (χ0) is 20.5. The second-order valence-corrected chi connectivity index (χ2v) is 9.26. The Morgan fingerprint density at radius 2 is 2.00 bits per heavy atom. The molecule has 0 spiro atoms. The van der Waals surface area contributed by atoms with Crippen molar-refractivity contribution in [2.75, 3.05) is 13.1 Å². The van der Waals surface area contributed by atoms with Crippen LogP contribution in [0.5, 0.6) is 0 Å². The van der Waals surface area contributed by atoms with E-state index in [1.807, 2.05) is 4.90 Å². The van der Waals surface area contributed by atoms with Gasteiger partial charge >= 0.3 is 0 Å². The predicted octanol–water partition coefficient (Wildman–Crippen LogP) is 3.49. The quantitative estimate of drug-likeness (QED) is 0.774. The number of likely N-dealkylation sites (tertiary alicyclic amines) is 1. The molecular formula is C22H34N6O. The summed E-state index contributed by atoms with van der Waals surface area (Å²) in [4.78, 5) is 19.7. The molecule has 1 amide bonds. The van der Waals surface area contributed by atoms with Gasteiger partial charge in [-0.05, 0) is 57.4 Å². The van der Waals surface area contributed by atoms with E-state index in [9.17, 15) is 4.79 Å². The number of aromatic nitrogens is 5. The Balaban J connectivity index is 1.35. The first-order valence-corrected chi connectivity index (χ1v) is 11.1. The lowest BCUT2D eigenvalue weighted by Crippen LogP contribution is -2.39. The van der Waals surface area contributed by atoms with Gasteiger partial charge in [0.25, 0.3) is 0 Å². The lowest BCUT2D eigenvalue weighted by molar-refractivity contribution is -0.132. The highest BCUT2D eigenvalue weighted by Crippen LogP contribution is 2.38. The summed E-state index contributed by atoms with van der Waals surface area (Å²) in [5.41, 5.74) is 3.49. The highest BCUT2D eigenvalue weighted by atomic mass is 16.2. The molecule has 4 rings (SSSR count). The maximum absolute atomic E-state index is 12.9. The summed E-state index contributed by atoms with van der Waals surface area (Å²) >= 11 is 0. The standard InChI is InChI=1S/C22H34N6O/c1-14(2)12-28-16(4)19(15(3)26-28)9-10-20(29)27-11-5-6-18(13-27)22-23-21(24-25-22)17-7-8-17/h14,17-18H,5-13H2,1-4H3,(H,23,24,25)/t18-/m1/s1. The molecule has 3 heterocycles. The van der Waals surface area contributed by atoms with Gasteiger partial charge in [-0.25, -0.2) is 4.98 Å². The molecule has 1 atom stereocenters. The van der Waals surface area contributed by atoms with Crippen LogP contribution in [0.3, 0.4) is 0 Å². The van der Waals surface area contributed by atoms with Crippen molar-refractivity contribution in [1.29, 1.82) is 0 Å². The first-order valence-electron chi connectivity index (χ1n) is 11.1. The number of hydrogen-bond donors (Lipinski definition) is 1. The van der Waals surface area contributed by atoms with Crippen LogP contribution in [0.1, 0.15) is 86.4 Å². The van der Waals surface area contributed by atoms with Crippen LogP contribution in [0.25, 0.3) is 0 Å². The zero-order valence-corrected chi connectivity index (χ0v) is 18.2. The maximum Gasteiger partial charge on any atom is 0.222 e. The van der Waals surface area contributed by atoms with Crippen LogP contribution in [-0.2, 0) is 17.8 Å². The third-order valence-corrected chi connectivity index (χ3v) is 6.28. The van der Waals surface area contributed by atoms with Crippen LogP contribution in [-0.4, -0.2) is 48.9 Å². The van der Waals surface area contributed by atoms with Gasteiger partial charge in [0.05, 0.1) is 5.69 Å². The molecule has 0 unspecified atom stereocenters. The Hall–Kier alpha value is -2.18. The minimum Gasteiger partial charge on any atom is -0.342 e. The van der Waals surface area contributed by atoms with Gasteiger partial charge in [0.1, 0.15) is 5.82 Å². The molecule has 7 nitrogen and oxygen atoms in total.